The summed E-state index contributed by atoms with van der Waals surface area (Å²) in [5.41, 5.74) is 4.22. The number of hydrogen-bond acceptors (Lipinski definition) is 1. The second-order valence-corrected chi connectivity index (χ2v) is 4.55. The summed E-state index contributed by atoms with van der Waals surface area (Å²) in [6, 6.07) is 6.32. The lowest BCUT2D eigenvalue weighted by atomic mass is 10.1. The van der Waals surface area contributed by atoms with Crippen molar-refractivity contribution >= 4 is 10.9 Å². The van der Waals surface area contributed by atoms with E-state index in [0.29, 0.717) is 0 Å². The third-order valence-electron chi connectivity index (χ3n) is 3.56. The summed E-state index contributed by atoms with van der Waals surface area (Å²) >= 11 is 0. The van der Waals surface area contributed by atoms with E-state index in [1.165, 1.54) is 54.3 Å². The van der Waals surface area contributed by atoms with Crippen LogP contribution in [0.15, 0.2) is 18.2 Å². The second-order valence-electron chi connectivity index (χ2n) is 4.55. The van der Waals surface area contributed by atoms with Crippen LogP contribution in [0.25, 0.3) is 10.9 Å². The highest BCUT2D eigenvalue weighted by Gasteiger charge is 2.14. The largest absolute Gasteiger partial charge is 0.497 e. The fourth-order valence-electron chi connectivity index (χ4n) is 2.69. The molecular weight excluding hydrogens is 198 g/mol. The van der Waals surface area contributed by atoms with Crippen molar-refractivity contribution in [3.05, 3.63) is 29.5 Å². The third kappa shape index (κ3) is 1.49. The number of H-pyrrole nitrogens is 1. The molecule has 0 atom stereocenters. The summed E-state index contributed by atoms with van der Waals surface area (Å²) in [5, 5.41) is 1.36. The molecule has 1 aliphatic carbocycles. The molecule has 0 saturated heterocycles. The van der Waals surface area contributed by atoms with Crippen LogP contribution >= 0.6 is 0 Å². The quantitative estimate of drug-likeness (QED) is 0.724. The molecule has 0 unspecified atom stereocenters. The lowest BCUT2D eigenvalue weighted by Crippen LogP contribution is -1.86. The Hall–Kier alpha value is -1.44. The Morgan fingerprint density at radius 3 is 2.88 bits per heavy atom. The number of benzene rings is 1. The van der Waals surface area contributed by atoms with Gasteiger partial charge in [0.25, 0.3) is 0 Å². The van der Waals surface area contributed by atoms with Crippen LogP contribution in [-0.2, 0) is 12.8 Å². The normalized spacial score (nSPS) is 15.8. The molecule has 2 heteroatoms. The van der Waals surface area contributed by atoms with E-state index in [-0.39, 0.29) is 0 Å². The molecular formula is C14H17NO. The van der Waals surface area contributed by atoms with Gasteiger partial charge in [0.2, 0.25) is 0 Å². The van der Waals surface area contributed by atoms with Crippen molar-refractivity contribution in [3.8, 4) is 5.75 Å². The van der Waals surface area contributed by atoms with Gasteiger partial charge < -0.3 is 9.72 Å². The van der Waals surface area contributed by atoms with Gasteiger partial charge in [-0.05, 0) is 49.4 Å². The van der Waals surface area contributed by atoms with Crippen molar-refractivity contribution in [2.45, 2.75) is 32.1 Å². The molecule has 1 aromatic carbocycles. The van der Waals surface area contributed by atoms with Gasteiger partial charge in [-0.25, -0.2) is 0 Å². The van der Waals surface area contributed by atoms with E-state index in [2.05, 4.69) is 17.1 Å². The van der Waals surface area contributed by atoms with Crippen LogP contribution in [0, 0.1) is 0 Å². The molecule has 2 aromatic rings. The Morgan fingerprint density at radius 2 is 2.00 bits per heavy atom. The van der Waals surface area contributed by atoms with Crippen molar-refractivity contribution in [2.75, 3.05) is 7.11 Å². The molecule has 0 radical (unpaired) electrons. The highest BCUT2D eigenvalue weighted by atomic mass is 16.5. The van der Waals surface area contributed by atoms with E-state index in [4.69, 9.17) is 4.74 Å². The standard InChI is InChI=1S/C14H17NO/c1-16-10-7-8-14-12(9-10)11-5-3-2-4-6-13(11)15-14/h7-9,15H,2-6H2,1H3. The molecule has 0 amide bonds. The molecule has 1 N–H and O–H groups in total. The summed E-state index contributed by atoms with van der Waals surface area (Å²) in [5.74, 6) is 0.957. The summed E-state index contributed by atoms with van der Waals surface area (Å²) in [6.45, 7) is 0. The third-order valence-corrected chi connectivity index (χ3v) is 3.56. The zero-order chi connectivity index (χ0) is 11.0. The Kier molecular flexibility index (Phi) is 2.35. The van der Waals surface area contributed by atoms with Crippen molar-refractivity contribution in [2.24, 2.45) is 0 Å². The molecule has 2 nitrogen and oxygen atoms in total. The van der Waals surface area contributed by atoms with E-state index in [0.717, 1.165) is 5.75 Å². The van der Waals surface area contributed by atoms with Crippen LogP contribution in [0.1, 0.15) is 30.5 Å². The van der Waals surface area contributed by atoms with Gasteiger partial charge in [0.05, 0.1) is 7.11 Å². The Morgan fingerprint density at radius 1 is 1.12 bits per heavy atom. The maximum atomic E-state index is 5.30. The van der Waals surface area contributed by atoms with E-state index in [1.54, 1.807) is 7.11 Å². The minimum absolute atomic E-state index is 0.957. The summed E-state index contributed by atoms with van der Waals surface area (Å²) in [4.78, 5) is 3.55. The SMILES string of the molecule is COc1ccc2[nH]c3c(c2c1)CCCCC3. The average Bonchev–Trinajstić information content (AvgIpc) is 2.50. The number of aromatic amines is 1. The van der Waals surface area contributed by atoms with Gasteiger partial charge >= 0.3 is 0 Å². The minimum Gasteiger partial charge on any atom is -0.497 e. The molecule has 16 heavy (non-hydrogen) atoms. The number of nitrogens with one attached hydrogen (secondary N) is 1. The first kappa shape index (κ1) is 9.76. The first-order valence-electron chi connectivity index (χ1n) is 6.06. The molecule has 0 bridgehead atoms. The summed E-state index contributed by atoms with van der Waals surface area (Å²) in [6.07, 6.45) is 6.40. The lowest BCUT2D eigenvalue weighted by Gasteiger charge is -2.01. The second kappa shape index (κ2) is 3.85. The first-order valence-corrected chi connectivity index (χ1v) is 6.06. The maximum Gasteiger partial charge on any atom is 0.119 e. The highest BCUT2D eigenvalue weighted by molar-refractivity contribution is 5.86. The van der Waals surface area contributed by atoms with Gasteiger partial charge in [-0.15, -0.1) is 0 Å². The zero-order valence-corrected chi connectivity index (χ0v) is 9.68. The van der Waals surface area contributed by atoms with Crippen LogP contribution in [0.2, 0.25) is 0 Å². The fraction of sp³-hybridized carbons (Fsp3) is 0.429. The van der Waals surface area contributed by atoms with E-state index >= 15 is 0 Å². The molecule has 0 aliphatic heterocycles. The predicted octanol–water partition coefficient (Wildman–Crippen LogP) is 3.45. The minimum atomic E-state index is 0.957. The smallest absolute Gasteiger partial charge is 0.119 e. The van der Waals surface area contributed by atoms with Crippen LogP contribution in [0.3, 0.4) is 0 Å². The summed E-state index contributed by atoms with van der Waals surface area (Å²) in [7, 11) is 1.73. The Labute approximate surface area is 95.6 Å². The monoisotopic (exact) mass is 215 g/mol. The van der Waals surface area contributed by atoms with Crippen molar-refractivity contribution in [1.82, 2.24) is 4.98 Å². The number of hydrogen-bond donors (Lipinski definition) is 1. The van der Waals surface area contributed by atoms with Crippen molar-refractivity contribution in [3.63, 3.8) is 0 Å². The van der Waals surface area contributed by atoms with Crippen LogP contribution in [0.5, 0.6) is 5.75 Å². The molecule has 0 saturated carbocycles. The van der Waals surface area contributed by atoms with Crippen molar-refractivity contribution < 1.29 is 4.74 Å². The zero-order valence-electron chi connectivity index (χ0n) is 9.68. The first-order chi connectivity index (χ1) is 7.88. The Bertz CT molecular complexity index is 513. The molecule has 1 aliphatic rings. The van der Waals surface area contributed by atoms with Gasteiger partial charge in [0.15, 0.2) is 0 Å². The van der Waals surface area contributed by atoms with Gasteiger partial charge in [-0.2, -0.15) is 0 Å². The van der Waals surface area contributed by atoms with Crippen LogP contribution < -0.4 is 4.74 Å². The predicted molar refractivity (Wildman–Crippen MR) is 66.1 cm³/mol. The highest BCUT2D eigenvalue weighted by Crippen LogP contribution is 2.30. The van der Waals surface area contributed by atoms with Gasteiger partial charge in [-0.1, -0.05) is 6.42 Å². The maximum absolute atomic E-state index is 5.30. The molecule has 84 valence electrons. The van der Waals surface area contributed by atoms with Crippen LogP contribution in [-0.4, -0.2) is 12.1 Å². The molecule has 0 fully saturated rings. The number of methoxy groups -OCH3 is 1. The van der Waals surface area contributed by atoms with E-state index < -0.39 is 0 Å². The fourth-order valence-corrected chi connectivity index (χ4v) is 2.69. The number of aromatic nitrogens is 1. The van der Waals surface area contributed by atoms with E-state index in [9.17, 15) is 0 Å². The number of ether oxygens (including phenoxy) is 1. The van der Waals surface area contributed by atoms with E-state index in [1.807, 2.05) is 6.07 Å². The van der Waals surface area contributed by atoms with Gasteiger partial charge in [-0.3, -0.25) is 0 Å². The average molecular weight is 215 g/mol. The number of fused-ring (bicyclic) bond motifs is 3. The Balaban J connectivity index is 2.19. The molecule has 0 spiro atoms. The molecule has 1 heterocycles. The molecule has 3 rings (SSSR count). The number of aryl methyl sites for hydroxylation is 2. The van der Waals surface area contributed by atoms with Crippen LogP contribution in [0.4, 0.5) is 0 Å². The van der Waals surface area contributed by atoms with Gasteiger partial charge in [0.1, 0.15) is 5.75 Å². The topological polar surface area (TPSA) is 25.0 Å². The van der Waals surface area contributed by atoms with Crippen molar-refractivity contribution in [1.29, 1.82) is 0 Å². The molecule has 1 aromatic heterocycles. The van der Waals surface area contributed by atoms with Gasteiger partial charge in [0, 0.05) is 16.6 Å². The lowest BCUT2D eigenvalue weighted by molar-refractivity contribution is 0.415. The number of rotatable bonds is 1. The summed E-state index contributed by atoms with van der Waals surface area (Å²) < 4.78 is 5.30.